The summed E-state index contributed by atoms with van der Waals surface area (Å²) in [4.78, 5) is 0. The van der Waals surface area contributed by atoms with Crippen LogP contribution in [0.3, 0.4) is 0 Å². The Balaban J connectivity index is 0.000000139. The molecular formula is C37H30Zr. The van der Waals surface area contributed by atoms with Gasteiger partial charge >= 0.3 is 41.3 Å². The van der Waals surface area contributed by atoms with Gasteiger partial charge in [-0.3, -0.25) is 0 Å². The first-order valence-corrected chi connectivity index (χ1v) is 14.2. The van der Waals surface area contributed by atoms with Crippen LogP contribution in [0.15, 0.2) is 146 Å². The van der Waals surface area contributed by atoms with Crippen LogP contribution in [0.5, 0.6) is 0 Å². The van der Waals surface area contributed by atoms with Crippen molar-refractivity contribution in [1.29, 1.82) is 0 Å². The van der Waals surface area contributed by atoms with Gasteiger partial charge in [-0.1, -0.05) is 96.1 Å². The van der Waals surface area contributed by atoms with Crippen LogP contribution < -0.4 is 0 Å². The number of benzene rings is 5. The van der Waals surface area contributed by atoms with E-state index in [0.717, 1.165) is 0 Å². The molecular weight excluding hydrogens is 536 g/mol. The Morgan fingerprint density at radius 2 is 0.947 bits per heavy atom. The Morgan fingerprint density at radius 1 is 0.474 bits per heavy atom. The number of rotatable bonds is 2. The number of hydrogen-bond acceptors (Lipinski definition) is 0. The fourth-order valence-electron chi connectivity index (χ4n) is 4.89. The number of fused-ring (bicyclic) bond motifs is 3. The van der Waals surface area contributed by atoms with E-state index in [4.69, 9.17) is 0 Å². The molecule has 0 radical (unpaired) electrons. The van der Waals surface area contributed by atoms with Gasteiger partial charge in [0.2, 0.25) is 0 Å². The van der Waals surface area contributed by atoms with E-state index in [1.807, 2.05) is 0 Å². The summed E-state index contributed by atoms with van der Waals surface area (Å²) in [6.07, 6.45) is 0. The summed E-state index contributed by atoms with van der Waals surface area (Å²) in [7, 11) is 0. The van der Waals surface area contributed by atoms with Gasteiger partial charge in [-0.05, 0) is 21.9 Å². The molecule has 0 aliphatic rings. The SMILES string of the molecule is C[C](C)=[Zr+2].c1ccc(-c2cccc3[cH-]ccc23)cc1.c1ccc2c(-c3cccc4[cH-]ccc34)cccc2c1. The Morgan fingerprint density at radius 3 is 1.61 bits per heavy atom. The molecule has 0 saturated carbocycles. The van der Waals surface area contributed by atoms with E-state index >= 15 is 0 Å². The summed E-state index contributed by atoms with van der Waals surface area (Å²) in [5.41, 5.74) is 5.24. The molecule has 1 heteroatoms. The zero-order valence-corrected chi connectivity index (χ0v) is 24.3. The van der Waals surface area contributed by atoms with Crippen LogP contribution >= 0.6 is 0 Å². The van der Waals surface area contributed by atoms with E-state index in [2.05, 4.69) is 159 Å². The summed E-state index contributed by atoms with van der Waals surface area (Å²) in [5.74, 6) is 0. The second kappa shape index (κ2) is 12.3. The average molecular weight is 566 g/mol. The molecule has 0 aromatic heterocycles. The van der Waals surface area contributed by atoms with Crippen molar-refractivity contribution in [2.75, 3.05) is 0 Å². The van der Waals surface area contributed by atoms with Crippen molar-refractivity contribution in [3.05, 3.63) is 146 Å². The quantitative estimate of drug-likeness (QED) is 0.183. The summed E-state index contributed by atoms with van der Waals surface area (Å²) in [6.45, 7) is 4.25. The second-order valence-electron chi connectivity index (χ2n) is 9.56. The molecule has 7 aromatic rings. The van der Waals surface area contributed by atoms with Crippen molar-refractivity contribution in [2.24, 2.45) is 0 Å². The molecule has 0 atom stereocenters. The van der Waals surface area contributed by atoms with Gasteiger partial charge in [-0.15, -0.1) is 57.9 Å². The third kappa shape index (κ3) is 5.90. The Hall–Kier alpha value is -3.67. The van der Waals surface area contributed by atoms with E-state index in [1.54, 1.807) is 24.2 Å². The number of hydrogen-bond donors (Lipinski definition) is 0. The molecule has 0 fully saturated rings. The van der Waals surface area contributed by atoms with E-state index in [-0.39, 0.29) is 0 Å². The van der Waals surface area contributed by atoms with Crippen molar-refractivity contribution in [2.45, 2.75) is 13.8 Å². The molecule has 0 aliphatic heterocycles. The maximum atomic E-state index is 2.21. The smallest absolute Gasteiger partial charge is 0.0114 e. The Labute approximate surface area is 240 Å². The molecule has 0 amide bonds. The zero-order chi connectivity index (χ0) is 26.3. The molecule has 38 heavy (non-hydrogen) atoms. The molecule has 0 spiro atoms. The molecule has 0 N–H and O–H groups in total. The largest absolute Gasteiger partial charge is 0.168 e. The van der Waals surface area contributed by atoms with Crippen LogP contribution in [0.2, 0.25) is 0 Å². The maximum Gasteiger partial charge on any atom is -0.0114 e. The van der Waals surface area contributed by atoms with Gasteiger partial charge in [-0.25, -0.2) is 0 Å². The minimum atomic E-state index is 1.29. The molecule has 0 nitrogen and oxygen atoms in total. The molecule has 0 aliphatic carbocycles. The maximum absolute atomic E-state index is 2.21. The molecule has 182 valence electrons. The minimum Gasteiger partial charge on any atom is -0.168 e. The Kier molecular flexibility index (Phi) is 8.37. The summed E-state index contributed by atoms with van der Waals surface area (Å²) in [6, 6.07) is 51.5. The van der Waals surface area contributed by atoms with Crippen molar-refractivity contribution < 1.29 is 24.2 Å². The van der Waals surface area contributed by atoms with Gasteiger partial charge in [0.05, 0.1) is 0 Å². The van der Waals surface area contributed by atoms with Crippen LogP contribution in [0.1, 0.15) is 13.8 Å². The van der Waals surface area contributed by atoms with E-state index in [0.29, 0.717) is 0 Å². The van der Waals surface area contributed by atoms with Crippen molar-refractivity contribution in [3.63, 3.8) is 0 Å². The molecule has 0 saturated heterocycles. The van der Waals surface area contributed by atoms with Gasteiger partial charge in [0.25, 0.3) is 0 Å². The average Bonchev–Trinajstić information content (AvgIpc) is 3.63. The first kappa shape index (κ1) is 26.0. The summed E-state index contributed by atoms with van der Waals surface area (Å²) in [5, 5.41) is 7.91. The van der Waals surface area contributed by atoms with Gasteiger partial charge < -0.3 is 0 Å². The minimum absolute atomic E-state index is 1.29. The van der Waals surface area contributed by atoms with Crippen LogP contribution in [0.25, 0.3) is 54.6 Å². The fourth-order valence-corrected chi connectivity index (χ4v) is 4.89. The summed E-state index contributed by atoms with van der Waals surface area (Å²) < 4.78 is 1.51. The summed E-state index contributed by atoms with van der Waals surface area (Å²) >= 11 is 1.55. The fraction of sp³-hybridized carbons (Fsp3) is 0.0541. The predicted octanol–water partition coefficient (Wildman–Crippen LogP) is 10.3. The van der Waals surface area contributed by atoms with E-state index < -0.39 is 0 Å². The van der Waals surface area contributed by atoms with Gasteiger partial charge in [0.1, 0.15) is 0 Å². The Bertz CT molecular complexity index is 1790. The van der Waals surface area contributed by atoms with E-state index in [9.17, 15) is 0 Å². The molecule has 7 rings (SSSR count). The van der Waals surface area contributed by atoms with Crippen LogP contribution in [0, 0.1) is 0 Å². The van der Waals surface area contributed by atoms with Crippen molar-refractivity contribution >= 4 is 35.5 Å². The van der Waals surface area contributed by atoms with Gasteiger partial charge in [0.15, 0.2) is 0 Å². The van der Waals surface area contributed by atoms with Gasteiger partial charge in [-0.2, -0.15) is 24.3 Å². The van der Waals surface area contributed by atoms with Gasteiger partial charge in [0, 0.05) is 0 Å². The first-order chi connectivity index (χ1) is 18.6. The zero-order valence-electron chi connectivity index (χ0n) is 21.9. The molecule has 7 aromatic carbocycles. The second-order valence-corrected chi connectivity index (χ2v) is 12.0. The third-order valence-corrected chi connectivity index (χ3v) is 6.52. The van der Waals surface area contributed by atoms with Crippen LogP contribution in [-0.2, 0) is 24.2 Å². The van der Waals surface area contributed by atoms with E-state index in [1.165, 1.54) is 57.8 Å². The van der Waals surface area contributed by atoms with Crippen LogP contribution in [0.4, 0.5) is 0 Å². The standard InChI is InChI=1S/C19H13.C15H11.C3H6.Zr/c1-2-10-16-14(6-1)8-4-12-18(16)19-13-5-9-15-7-3-11-17(15)19;1-2-6-12(7-3-1)14-10-4-8-13-9-5-11-15(13)14;1-3-2;/h1-13H;1-11H;1-2H3;/q2*-1;;+2. The van der Waals surface area contributed by atoms with Crippen molar-refractivity contribution in [3.8, 4) is 22.3 Å². The molecule has 0 unspecified atom stereocenters. The monoisotopic (exact) mass is 564 g/mol. The molecule has 0 heterocycles. The normalized spacial score (nSPS) is 10.5. The predicted molar refractivity (Wildman–Crippen MR) is 164 cm³/mol. The topological polar surface area (TPSA) is 0 Å². The molecule has 0 bridgehead atoms. The van der Waals surface area contributed by atoms with Crippen LogP contribution in [-0.4, -0.2) is 3.21 Å². The first-order valence-electron chi connectivity index (χ1n) is 13.0. The third-order valence-electron chi connectivity index (χ3n) is 6.52. The van der Waals surface area contributed by atoms with Crippen molar-refractivity contribution in [1.82, 2.24) is 0 Å².